The van der Waals surface area contributed by atoms with Crippen LogP contribution < -0.4 is 9.47 Å². The molecule has 32 heavy (non-hydrogen) atoms. The number of aryl methyl sites for hydroxylation is 1. The van der Waals surface area contributed by atoms with Crippen molar-refractivity contribution in [2.24, 2.45) is 11.8 Å². The highest BCUT2D eigenvalue weighted by molar-refractivity contribution is 6.02. The molecule has 2 aliphatic rings. The molecule has 0 saturated carbocycles. The van der Waals surface area contributed by atoms with Crippen LogP contribution >= 0.6 is 12.4 Å². The summed E-state index contributed by atoms with van der Waals surface area (Å²) in [6.07, 6.45) is 4.20. The minimum absolute atomic E-state index is 0. The van der Waals surface area contributed by atoms with Gasteiger partial charge >= 0.3 is 0 Å². The Morgan fingerprint density at radius 3 is 2.22 bits per heavy atom. The summed E-state index contributed by atoms with van der Waals surface area (Å²) in [7, 11) is 0. The molecule has 5 heteroatoms. The molecule has 0 amide bonds. The average molecular weight is 458 g/mol. The molecular formula is C27H36ClNO3. The van der Waals surface area contributed by atoms with Gasteiger partial charge in [-0.25, -0.2) is 0 Å². The molecule has 174 valence electrons. The maximum absolute atomic E-state index is 13.1. The third-order valence-electron chi connectivity index (χ3n) is 6.72. The summed E-state index contributed by atoms with van der Waals surface area (Å²) in [6, 6.07) is 12.8. The van der Waals surface area contributed by atoms with Gasteiger partial charge in [-0.2, -0.15) is 0 Å². The summed E-state index contributed by atoms with van der Waals surface area (Å²) in [5.74, 6) is 2.49. The number of likely N-dealkylation sites (tertiary alicyclic amines) is 1. The van der Waals surface area contributed by atoms with E-state index in [2.05, 4.69) is 36.1 Å². The SMILES string of the molecule is CCOc1cc2c(cc1OCC)C(=O)C(CC1CCN(Cc3ccc(C)cc3)CC1)C2.Cl. The number of nitrogens with zero attached hydrogens (tertiary/aromatic N) is 1. The molecule has 4 rings (SSSR count). The average Bonchev–Trinajstić information content (AvgIpc) is 3.06. The van der Waals surface area contributed by atoms with Crippen LogP contribution in [0.3, 0.4) is 0 Å². The van der Waals surface area contributed by atoms with Gasteiger partial charge in [0.25, 0.3) is 0 Å². The van der Waals surface area contributed by atoms with E-state index < -0.39 is 0 Å². The van der Waals surface area contributed by atoms with E-state index in [0.29, 0.717) is 30.7 Å². The summed E-state index contributed by atoms with van der Waals surface area (Å²) >= 11 is 0. The zero-order valence-corrected chi connectivity index (χ0v) is 20.4. The van der Waals surface area contributed by atoms with Crippen LogP contribution in [0.4, 0.5) is 0 Å². The van der Waals surface area contributed by atoms with Crippen LogP contribution in [0.25, 0.3) is 0 Å². The van der Waals surface area contributed by atoms with Gasteiger partial charge in [-0.05, 0) is 88.7 Å². The van der Waals surface area contributed by atoms with E-state index in [4.69, 9.17) is 9.47 Å². The number of ketones is 1. The molecule has 1 saturated heterocycles. The van der Waals surface area contributed by atoms with Crippen molar-refractivity contribution in [2.75, 3.05) is 26.3 Å². The van der Waals surface area contributed by atoms with Gasteiger partial charge in [-0.15, -0.1) is 12.4 Å². The number of carbonyl (C=O) groups excluding carboxylic acids is 1. The number of hydrogen-bond acceptors (Lipinski definition) is 4. The molecule has 1 fully saturated rings. The fourth-order valence-electron chi connectivity index (χ4n) is 5.04. The van der Waals surface area contributed by atoms with Gasteiger partial charge in [0, 0.05) is 18.0 Å². The van der Waals surface area contributed by atoms with Gasteiger partial charge in [0.15, 0.2) is 17.3 Å². The molecule has 1 atom stereocenters. The van der Waals surface area contributed by atoms with Crippen molar-refractivity contribution in [1.82, 2.24) is 4.90 Å². The fourth-order valence-corrected chi connectivity index (χ4v) is 5.04. The Morgan fingerprint density at radius 2 is 1.59 bits per heavy atom. The van der Waals surface area contributed by atoms with E-state index in [1.54, 1.807) is 0 Å². The lowest BCUT2D eigenvalue weighted by Crippen LogP contribution is -2.34. The van der Waals surface area contributed by atoms with E-state index in [0.717, 1.165) is 49.4 Å². The summed E-state index contributed by atoms with van der Waals surface area (Å²) in [4.78, 5) is 15.7. The Hall–Kier alpha value is -2.04. The number of piperidine rings is 1. The Labute approximate surface area is 198 Å². The number of fused-ring (bicyclic) bond motifs is 1. The molecule has 0 bridgehead atoms. The molecule has 1 heterocycles. The zero-order chi connectivity index (χ0) is 21.8. The molecule has 0 aromatic heterocycles. The second-order valence-corrected chi connectivity index (χ2v) is 9.03. The van der Waals surface area contributed by atoms with Crippen molar-refractivity contribution >= 4 is 18.2 Å². The van der Waals surface area contributed by atoms with Crippen molar-refractivity contribution in [1.29, 1.82) is 0 Å². The molecule has 0 radical (unpaired) electrons. The molecule has 1 aliphatic carbocycles. The summed E-state index contributed by atoms with van der Waals surface area (Å²) in [5.41, 5.74) is 4.67. The summed E-state index contributed by atoms with van der Waals surface area (Å²) < 4.78 is 11.5. The molecule has 4 nitrogen and oxygen atoms in total. The molecule has 2 aromatic carbocycles. The van der Waals surface area contributed by atoms with Gasteiger partial charge in [0.05, 0.1) is 13.2 Å². The lowest BCUT2D eigenvalue weighted by atomic mass is 9.85. The Kier molecular flexibility index (Phi) is 8.61. The topological polar surface area (TPSA) is 38.8 Å². The first kappa shape index (κ1) is 24.6. The highest BCUT2D eigenvalue weighted by atomic mass is 35.5. The van der Waals surface area contributed by atoms with Gasteiger partial charge in [0.1, 0.15) is 0 Å². The number of carbonyl (C=O) groups is 1. The van der Waals surface area contributed by atoms with E-state index in [-0.39, 0.29) is 18.3 Å². The minimum Gasteiger partial charge on any atom is -0.490 e. The first-order valence-electron chi connectivity index (χ1n) is 11.8. The largest absolute Gasteiger partial charge is 0.490 e. The number of Topliss-reactive ketones (excluding diaryl/α,β-unsaturated/α-hetero) is 1. The van der Waals surface area contributed by atoms with Gasteiger partial charge in [-0.3, -0.25) is 9.69 Å². The zero-order valence-electron chi connectivity index (χ0n) is 19.6. The Morgan fingerprint density at radius 1 is 0.969 bits per heavy atom. The first-order chi connectivity index (χ1) is 15.1. The van der Waals surface area contributed by atoms with Gasteiger partial charge in [0.2, 0.25) is 0 Å². The highest BCUT2D eigenvalue weighted by Gasteiger charge is 2.34. The van der Waals surface area contributed by atoms with Crippen LogP contribution in [0, 0.1) is 18.8 Å². The van der Waals surface area contributed by atoms with Crippen LogP contribution in [0.1, 0.15) is 60.2 Å². The summed E-state index contributed by atoms with van der Waals surface area (Å²) in [6.45, 7) is 10.5. The normalized spacial score (nSPS) is 18.8. The number of rotatable bonds is 8. The highest BCUT2D eigenvalue weighted by Crippen LogP contribution is 2.40. The predicted octanol–water partition coefficient (Wildman–Crippen LogP) is 5.87. The smallest absolute Gasteiger partial charge is 0.166 e. The van der Waals surface area contributed by atoms with Gasteiger partial charge in [-0.1, -0.05) is 29.8 Å². The second-order valence-electron chi connectivity index (χ2n) is 9.03. The van der Waals surface area contributed by atoms with Crippen molar-refractivity contribution in [3.8, 4) is 11.5 Å². The Bertz CT molecular complexity index is 904. The predicted molar refractivity (Wildman–Crippen MR) is 131 cm³/mol. The fraction of sp³-hybridized carbons (Fsp3) is 0.519. The third-order valence-corrected chi connectivity index (χ3v) is 6.72. The maximum Gasteiger partial charge on any atom is 0.166 e. The molecular weight excluding hydrogens is 422 g/mol. The number of hydrogen-bond donors (Lipinski definition) is 0. The second kappa shape index (κ2) is 11.2. The maximum atomic E-state index is 13.1. The lowest BCUT2D eigenvalue weighted by Gasteiger charge is -2.33. The van der Waals surface area contributed by atoms with Crippen LogP contribution in [0.2, 0.25) is 0 Å². The first-order valence-corrected chi connectivity index (χ1v) is 11.8. The molecule has 0 N–H and O–H groups in total. The summed E-state index contributed by atoms with van der Waals surface area (Å²) in [5, 5.41) is 0. The van der Waals surface area contributed by atoms with Crippen molar-refractivity contribution < 1.29 is 14.3 Å². The third kappa shape index (κ3) is 5.65. The van der Waals surface area contributed by atoms with Crippen molar-refractivity contribution in [2.45, 2.75) is 53.0 Å². The monoisotopic (exact) mass is 457 g/mol. The number of ether oxygens (including phenoxy) is 2. The standard InChI is InChI=1S/C27H35NO3.ClH/c1-4-30-25-16-22-15-23(27(29)24(22)17-26(25)31-5-2)14-20-10-12-28(13-11-20)18-21-8-6-19(3)7-9-21;/h6-9,16-17,20,23H,4-5,10-15,18H2,1-3H3;1H. The van der Waals surface area contributed by atoms with Crippen LogP contribution in [0.5, 0.6) is 11.5 Å². The van der Waals surface area contributed by atoms with Crippen molar-refractivity contribution in [3.05, 3.63) is 58.7 Å². The number of benzene rings is 2. The van der Waals surface area contributed by atoms with E-state index >= 15 is 0 Å². The van der Waals surface area contributed by atoms with Gasteiger partial charge < -0.3 is 9.47 Å². The van der Waals surface area contributed by atoms with Crippen LogP contribution in [-0.4, -0.2) is 37.0 Å². The van der Waals surface area contributed by atoms with Crippen LogP contribution in [0.15, 0.2) is 36.4 Å². The number of halogens is 1. The quantitative estimate of drug-likeness (QED) is 0.496. The van der Waals surface area contributed by atoms with E-state index in [1.807, 2.05) is 26.0 Å². The molecule has 1 unspecified atom stereocenters. The molecule has 1 aliphatic heterocycles. The van der Waals surface area contributed by atoms with Crippen molar-refractivity contribution in [3.63, 3.8) is 0 Å². The van der Waals surface area contributed by atoms with Crippen LogP contribution in [-0.2, 0) is 13.0 Å². The lowest BCUT2D eigenvalue weighted by molar-refractivity contribution is 0.0895. The molecule has 0 spiro atoms. The van der Waals surface area contributed by atoms with E-state index in [1.165, 1.54) is 24.0 Å². The molecule has 2 aromatic rings. The minimum atomic E-state index is 0. The Balaban J connectivity index is 0.00000289. The van der Waals surface area contributed by atoms with E-state index in [9.17, 15) is 4.79 Å².